The summed E-state index contributed by atoms with van der Waals surface area (Å²) in [6, 6.07) is 8.71. The number of aryl methyl sites for hydroxylation is 2. The molecular weight excluding hydrogens is 578 g/mol. The van der Waals surface area contributed by atoms with Crippen LogP contribution in [0.2, 0.25) is 0 Å². The van der Waals surface area contributed by atoms with Gasteiger partial charge in [0.25, 0.3) is 0 Å². The smallest absolute Gasteiger partial charge is 0.417 e. The van der Waals surface area contributed by atoms with E-state index in [0.717, 1.165) is 44.9 Å². The van der Waals surface area contributed by atoms with Crippen LogP contribution in [0.25, 0.3) is 0 Å². The zero-order valence-electron chi connectivity index (χ0n) is 29.1. The third-order valence-corrected chi connectivity index (χ3v) is 8.36. The first-order valence-electron chi connectivity index (χ1n) is 14.8. The second kappa shape index (κ2) is 13.6. The minimum Gasteiger partial charge on any atom is -0.417 e. The van der Waals surface area contributed by atoms with E-state index in [2.05, 4.69) is 135 Å². The van der Waals surface area contributed by atoms with Crippen molar-refractivity contribution < 1.29 is 27.9 Å². The average molecular weight is 635 g/mol. The van der Waals surface area contributed by atoms with E-state index in [1.807, 2.05) is 0 Å². The van der Waals surface area contributed by atoms with Crippen LogP contribution < -0.4 is 9.05 Å². The minimum atomic E-state index is -2.54. The van der Waals surface area contributed by atoms with Gasteiger partial charge in [-0.2, -0.15) is 0 Å². The van der Waals surface area contributed by atoms with Gasteiger partial charge in [0.15, 0.2) is 0 Å². The fourth-order valence-electron chi connectivity index (χ4n) is 4.62. The molecule has 0 saturated carbocycles. The van der Waals surface area contributed by atoms with Gasteiger partial charge in [-0.15, -0.1) is 0 Å². The monoisotopic (exact) mass is 634 g/mol. The summed E-state index contributed by atoms with van der Waals surface area (Å²) in [5, 5.41) is 0. The van der Waals surface area contributed by atoms with Gasteiger partial charge < -0.3 is 23.4 Å². The average Bonchev–Trinajstić information content (AvgIpc) is 2.80. The van der Waals surface area contributed by atoms with E-state index >= 15 is 0 Å². The lowest BCUT2D eigenvalue weighted by molar-refractivity contribution is 0.131. The van der Waals surface area contributed by atoms with E-state index in [1.165, 1.54) is 0 Å². The molecule has 0 fully saturated rings. The first-order chi connectivity index (χ1) is 19.2. The summed E-state index contributed by atoms with van der Waals surface area (Å²) < 4.78 is 25.3. The lowest BCUT2D eigenvalue weighted by Crippen LogP contribution is -2.26. The van der Waals surface area contributed by atoms with E-state index in [4.69, 9.17) is 18.1 Å². The number of hydrogen-bond acceptors (Lipinski definition) is 6. The highest BCUT2D eigenvalue weighted by molar-refractivity contribution is 7.42. The van der Waals surface area contributed by atoms with Crippen LogP contribution in [0.5, 0.6) is 11.5 Å². The molecule has 2 N–H and O–H groups in total. The molecule has 2 radical (unpaired) electrons. The largest absolute Gasteiger partial charge is 0.463 e. The van der Waals surface area contributed by atoms with Crippen LogP contribution in [0.15, 0.2) is 24.3 Å². The van der Waals surface area contributed by atoms with Crippen molar-refractivity contribution in [2.24, 2.45) is 5.41 Å². The summed E-state index contributed by atoms with van der Waals surface area (Å²) in [6.45, 7) is 38.5. The molecule has 0 saturated heterocycles. The first-order valence-corrected chi connectivity index (χ1v) is 17.1. The molecule has 2 aromatic rings. The van der Waals surface area contributed by atoms with E-state index in [9.17, 15) is 9.79 Å². The van der Waals surface area contributed by atoms with Crippen LogP contribution in [0.4, 0.5) is 0 Å². The van der Waals surface area contributed by atoms with Crippen LogP contribution in [0, 0.1) is 33.1 Å². The van der Waals surface area contributed by atoms with Crippen LogP contribution in [0.3, 0.4) is 0 Å². The van der Waals surface area contributed by atoms with Gasteiger partial charge >= 0.3 is 17.2 Å². The maximum absolute atomic E-state index is 9.31. The Bertz CT molecular complexity index is 1090. The summed E-state index contributed by atoms with van der Waals surface area (Å²) in [7, 11) is -4.57. The molecular formula is C35H56O6P2. The molecule has 0 aliphatic rings. The van der Waals surface area contributed by atoms with Crippen molar-refractivity contribution in [3.05, 3.63) is 71.5 Å². The normalized spacial score (nSPS) is 13.7. The van der Waals surface area contributed by atoms with Gasteiger partial charge in [-0.05, 0) is 49.4 Å². The molecule has 242 valence electrons. The molecule has 0 bridgehead atoms. The topological polar surface area (TPSA) is 77.4 Å². The number of benzene rings is 2. The zero-order valence-corrected chi connectivity index (χ0v) is 30.8. The lowest BCUT2D eigenvalue weighted by atomic mass is 9.78. The number of hydrogen-bond donors (Lipinski definition) is 2. The molecule has 0 spiro atoms. The molecule has 0 heterocycles. The second-order valence-electron chi connectivity index (χ2n) is 16.1. The Hall–Kier alpha value is -1.26. The van der Waals surface area contributed by atoms with Crippen molar-refractivity contribution in [2.75, 3.05) is 13.2 Å². The highest BCUT2D eigenvalue weighted by Gasteiger charge is 2.35. The summed E-state index contributed by atoms with van der Waals surface area (Å²) in [5.41, 5.74) is 4.71. The lowest BCUT2D eigenvalue weighted by Gasteiger charge is -2.34. The molecule has 2 rings (SSSR count). The van der Waals surface area contributed by atoms with E-state index in [-0.39, 0.29) is 34.9 Å². The fourth-order valence-corrected chi connectivity index (χ4v) is 6.22. The van der Waals surface area contributed by atoms with Gasteiger partial charge in [-0.1, -0.05) is 118 Å². The van der Waals surface area contributed by atoms with Crippen molar-refractivity contribution in [3.63, 3.8) is 0 Å². The maximum atomic E-state index is 9.31. The molecule has 8 heteroatoms. The summed E-state index contributed by atoms with van der Waals surface area (Å²) in [6.07, 6.45) is 0. The van der Waals surface area contributed by atoms with Crippen LogP contribution in [0.1, 0.15) is 116 Å². The van der Waals surface area contributed by atoms with Gasteiger partial charge in [0.1, 0.15) is 11.5 Å². The van der Waals surface area contributed by atoms with Gasteiger partial charge in [-0.3, -0.25) is 4.52 Å². The molecule has 0 amide bonds. The van der Waals surface area contributed by atoms with Crippen LogP contribution in [-0.4, -0.2) is 23.0 Å². The standard InChI is InChI=1S/C35H56O6P2/c1-23-17-25(31(3,4)5)29(26(18-23)32(6,7)8)40-43(39-22-35(15,16)21-38-42(36)37)41-30-27(33(9,10)11)19-24(2)20-28(30)34(12,13)14/h17-20,36-37H,15-16,21-22H2,1-14H3. The Morgan fingerprint density at radius 3 is 1.09 bits per heavy atom. The van der Waals surface area contributed by atoms with Crippen LogP contribution in [-0.2, 0) is 30.7 Å². The highest BCUT2D eigenvalue weighted by Crippen LogP contribution is 2.52. The SMILES string of the molecule is [CH2]C([CH2])(COP(O)O)COP(Oc1c(C(C)(C)C)cc(C)cc1C(C)(C)C)Oc1c(C(C)(C)C)cc(C)cc1C(C)(C)C. The van der Waals surface area contributed by atoms with Gasteiger partial charge in [-0.25, -0.2) is 0 Å². The molecule has 0 atom stereocenters. The van der Waals surface area contributed by atoms with Crippen molar-refractivity contribution in [1.29, 1.82) is 0 Å². The Balaban J connectivity index is 2.80. The Morgan fingerprint density at radius 1 is 0.558 bits per heavy atom. The van der Waals surface area contributed by atoms with E-state index < -0.39 is 22.6 Å². The Kier molecular flexibility index (Phi) is 12.0. The first kappa shape index (κ1) is 37.9. The minimum absolute atomic E-state index is 0.00496. The van der Waals surface area contributed by atoms with Gasteiger partial charge in [0, 0.05) is 27.7 Å². The number of rotatable bonds is 10. The van der Waals surface area contributed by atoms with Crippen molar-refractivity contribution in [3.8, 4) is 11.5 Å². The summed E-state index contributed by atoms with van der Waals surface area (Å²) in [4.78, 5) is 18.6. The second-order valence-corrected chi connectivity index (χ2v) is 17.9. The van der Waals surface area contributed by atoms with Gasteiger partial charge in [0.05, 0.1) is 13.2 Å². The molecule has 0 aliphatic heterocycles. The van der Waals surface area contributed by atoms with Crippen LogP contribution >= 0.6 is 17.2 Å². The van der Waals surface area contributed by atoms with Gasteiger partial charge in [0.2, 0.25) is 0 Å². The quantitative estimate of drug-likeness (QED) is 0.253. The third kappa shape index (κ3) is 10.9. The fraction of sp³-hybridized carbons (Fsp3) is 0.600. The molecule has 2 aromatic carbocycles. The summed E-state index contributed by atoms with van der Waals surface area (Å²) in [5.74, 6) is 1.50. The third-order valence-electron chi connectivity index (χ3n) is 6.99. The Labute approximate surface area is 264 Å². The zero-order chi connectivity index (χ0) is 33.3. The Morgan fingerprint density at radius 2 is 0.837 bits per heavy atom. The van der Waals surface area contributed by atoms with Crippen molar-refractivity contribution >= 4 is 17.2 Å². The van der Waals surface area contributed by atoms with E-state index in [0.29, 0.717) is 0 Å². The highest BCUT2D eigenvalue weighted by atomic mass is 31.2. The summed E-state index contributed by atoms with van der Waals surface area (Å²) >= 11 is 0. The molecule has 0 aliphatic carbocycles. The van der Waals surface area contributed by atoms with Crippen molar-refractivity contribution in [1.82, 2.24) is 0 Å². The van der Waals surface area contributed by atoms with Crippen molar-refractivity contribution in [2.45, 2.75) is 119 Å². The maximum Gasteiger partial charge on any atom is 0.463 e. The van der Waals surface area contributed by atoms with E-state index in [1.54, 1.807) is 0 Å². The molecule has 43 heavy (non-hydrogen) atoms. The molecule has 0 unspecified atom stereocenters. The predicted molar refractivity (Wildman–Crippen MR) is 182 cm³/mol. The molecule has 0 aromatic heterocycles. The molecule has 6 nitrogen and oxygen atoms in total. The predicted octanol–water partition coefficient (Wildman–Crippen LogP) is 10.1.